The third-order valence-electron chi connectivity index (χ3n) is 4.13. The average molecular weight is 337 g/mol. The number of carbonyl (C=O) groups excluding carboxylic acids is 1. The highest BCUT2D eigenvalue weighted by molar-refractivity contribution is 7.89. The van der Waals surface area contributed by atoms with Gasteiger partial charge in [0.05, 0.1) is 0 Å². The molecule has 1 aliphatic rings. The van der Waals surface area contributed by atoms with E-state index in [-0.39, 0.29) is 35.9 Å². The number of amides is 1. The molecule has 0 aromatic carbocycles. The number of carbonyl (C=O) groups is 1. The van der Waals surface area contributed by atoms with Crippen molar-refractivity contribution in [2.45, 2.75) is 31.7 Å². The second kappa shape index (κ2) is 6.80. The Kier molecular flexibility index (Phi) is 5.21. The van der Waals surface area contributed by atoms with E-state index in [4.69, 9.17) is 0 Å². The minimum Gasteiger partial charge on any atom is -0.333 e. The summed E-state index contributed by atoms with van der Waals surface area (Å²) in [7, 11) is -3.59. The van der Waals surface area contributed by atoms with Crippen LogP contribution in [-0.2, 0) is 14.8 Å². The lowest BCUT2D eigenvalue weighted by Gasteiger charge is -2.42. The zero-order valence-electron chi connectivity index (χ0n) is 13.8. The molecule has 0 unspecified atom stereocenters. The fraction of sp³-hybridized carbons (Fsp3) is 0.500. The highest BCUT2D eigenvalue weighted by atomic mass is 32.2. The number of aryl methyl sites for hydroxylation is 1. The van der Waals surface area contributed by atoms with Gasteiger partial charge in [0.15, 0.2) is 0 Å². The summed E-state index contributed by atoms with van der Waals surface area (Å²) in [6.07, 6.45) is 2.67. The number of rotatable bonds is 4. The van der Waals surface area contributed by atoms with Crippen LogP contribution in [0.5, 0.6) is 0 Å². The molecule has 0 saturated carbocycles. The average Bonchev–Trinajstić information content (AvgIpc) is 2.53. The zero-order chi connectivity index (χ0) is 17.2. The fourth-order valence-electron chi connectivity index (χ4n) is 2.72. The van der Waals surface area contributed by atoms with Gasteiger partial charge in [0.25, 0.3) is 0 Å². The number of nitrogens with zero attached hydrogens (tertiary/aromatic N) is 3. The number of pyridine rings is 1. The van der Waals surface area contributed by atoms with Crippen LogP contribution in [0.15, 0.2) is 35.9 Å². The van der Waals surface area contributed by atoms with Crippen molar-refractivity contribution in [3.8, 4) is 0 Å². The Morgan fingerprint density at radius 1 is 1.39 bits per heavy atom. The first kappa shape index (κ1) is 17.6. The Labute approximate surface area is 137 Å². The molecule has 0 aliphatic carbocycles. The van der Waals surface area contributed by atoms with Gasteiger partial charge < -0.3 is 4.90 Å². The van der Waals surface area contributed by atoms with Gasteiger partial charge in [-0.15, -0.1) is 0 Å². The van der Waals surface area contributed by atoms with Gasteiger partial charge >= 0.3 is 0 Å². The number of aromatic nitrogens is 1. The molecule has 0 bridgehead atoms. The predicted octanol–water partition coefficient (Wildman–Crippen LogP) is 1.43. The molecular formula is C16H23N3O3S. The van der Waals surface area contributed by atoms with E-state index < -0.39 is 10.0 Å². The van der Waals surface area contributed by atoms with Crippen molar-refractivity contribution < 1.29 is 13.2 Å². The maximum atomic E-state index is 12.8. The maximum Gasteiger partial charge on any atom is 0.246 e. The van der Waals surface area contributed by atoms with Crippen LogP contribution >= 0.6 is 0 Å². The quantitative estimate of drug-likeness (QED) is 0.780. The van der Waals surface area contributed by atoms with Gasteiger partial charge in [-0.25, -0.2) is 8.42 Å². The maximum absolute atomic E-state index is 12.8. The SMILES string of the molecule is C=CC(=O)N1CCN(S(=O)(=O)c2ccc(C)nc2)C[C@@H]1C(C)C. The summed E-state index contributed by atoms with van der Waals surface area (Å²) in [5, 5.41) is 0. The molecule has 2 rings (SSSR count). The molecule has 1 aliphatic heterocycles. The first-order valence-corrected chi connectivity index (χ1v) is 9.07. The molecular weight excluding hydrogens is 314 g/mol. The lowest BCUT2D eigenvalue weighted by atomic mass is 10.0. The molecule has 2 heterocycles. The number of hydrogen-bond donors (Lipinski definition) is 0. The molecule has 0 N–H and O–H groups in total. The molecule has 0 spiro atoms. The van der Waals surface area contributed by atoms with Crippen LogP contribution in [0.2, 0.25) is 0 Å². The molecule has 0 radical (unpaired) electrons. The van der Waals surface area contributed by atoms with E-state index >= 15 is 0 Å². The number of sulfonamides is 1. The summed E-state index contributed by atoms with van der Waals surface area (Å²) in [6, 6.07) is 3.09. The van der Waals surface area contributed by atoms with Crippen LogP contribution in [0.1, 0.15) is 19.5 Å². The van der Waals surface area contributed by atoms with E-state index in [0.29, 0.717) is 6.54 Å². The van der Waals surface area contributed by atoms with Crippen molar-refractivity contribution in [2.75, 3.05) is 19.6 Å². The summed E-state index contributed by atoms with van der Waals surface area (Å²) in [5.41, 5.74) is 0.769. The van der Waals surface area contributed by atoms with Crippen molar-refractivity contribution in [3.63, 3.8) is 0 Å². The monoisotopic (exact) mass is 337 g/mol. The lowest BCUT2D eigenvalue weighted by Crippen LogP contribution is -2.57. The molecule has 7 heteroatoms. The molecule has 126 valence electrons. The Bertz CT molecular complexity index is 683. The van der Waals surface area contributed by atoms with E-state index in [9.17, 15) is 13.2 Å². The zero-order valence-corrected chi connectivity index (χ0v) is 14.6. The third-order valence-corrected chi connectivity index (χ3v) is 5.98. The Hall–Kier alpha value is -1.73. The van der Waals surface area contributed by atoms with E-state index in [1.165, 1.54) is 16.6 Å². The van der Waals surface area contributed by atoms with Crippen LogP contribution in [0, 0.1) is 12.8 Å². The Morgan fingerprint density at radius 2 is 2.09 bits per heavy atom. The predicted molar refractivity (Wildman–Crippen MR) is 88.3 cm³/mol. The molecule has 6 nitrogen and oxygen atoms in total. The standard InChI is InChI=1S/C16H23N3O3S/c1-5-16(20)19-9-8-18(11-15(19)12(2)3)23(21,22)14-7-6-13(4)17-10-14/h5-7,10,12,15H,1,8-9,11H2,2-4H3/t15-/m1/s1. The molecule has 1 aromatic rings. The van der Waals surface area contributed by atoms with Crippen LogP contribution < -0.4 is 0 Å². The topological polar surface area (TPSA) is 70.6 Å². The smallest absolute Gasteiger partial charge is 0.246 e. The van der Waals surface area contributed by atoms with Gasteiger partial charge in [0.1, 0.15) is 4.90 Å². The van der Waals surface area contributed by atoms with Gasteiger partial charge in [-0.3, -0.25) is 9.78 Å². The first-order valence-electron chi connectivity index (χ1n) is 7.63. The highest BCUT2D eigenvalue weighted by Gasteiger charge is 2.36. The van der Waals surface area contributed by atoms with Crippen molar-refractivity contribution >= 4 is 15.9 Å². The largest absolute Gasteiger partial charge is 0.333 e. The van der Waals surface area contributed by atoms with Crippen LogP contribution in [0.4, 0.5) is 0 Å². The molecule has 1 aromatic heterocycles. The van der Waals surface area contributed by atoms with Crippen molar-refractivity contribution in [1.29, 1.82) is 0 Å². The molecule has 1 saturated heterocycles. The van der Waals surface area contributed by atoms with Gasteiger partial charge in [-0.1, -0.05) is 20.4 Å². The normalized spacial score (nSPS) is 19.8. The summed E-state index contributed by atoms with van der Waals surface area (Å²) >= 11 is 0. The summed E-state index contributed by atoms with van der Waals surface area (Å²) < 4.78 is 27.0. The second-order valence-electron chi connectivity index (χ2n) is 6.05. The summed E-state index contributed by atoms with van der Waals surface area (Å²) in [4.78, 5) is 17.9. The van der Waals surface area contributed by atoms with Gasteiger partial charge in [-0.2, -0.15) is 4.31 Å². The molecule has 1 atom stereocenters. The third kappa shape index (κ3) is 3.61. The minimum atomic E-state index is -3.59. The van der Waals surface area contributed by atoms with Crippen molar-refractivity contribution in [1.82, 2.24) is 14.2 Å². The lowest BCUT2D eigenvalue weighted by molar-refractivity contribution is -0.131. The van der Waals surface area contributed by atoms with Crippen LogP contribution in [0.25, 0.3) is 0 Å². The fourth-order valence-corrected chi connectivity index (χ4v) is 4.11. The molecule has 23 heavy (non-hydrogen) atoms. The van der Waals surface area contributed by atoms with E-state index in [0.717, 1.165) is 5.69 Å². The van der Waals surface area contributed by atoms with Crippen LogP contribution in [-0.4, -0.2) is 54.2 Å². The van der Waals surface area contributed by atoms with Crippen LogP contribution in [0.3, 0.4) is 0 Å². The Balaban J connectivity index is 2.26. The van der Waals surface area contributed by atoms with Crippen molar-refractivity contribution in [2.24, 2.45) is 5.92 Å². The molecule has 1 amide bonds. The van der Waals surface area contributed by atoms with Gasteiger partial charge in [0, 0.05) is 37.6 Å². The number of hydrogen-bond acceptors (Lipinski definition) is 4. The summed E-state index contributed by atoms with van der Waals surface area (Å²) in [5.74, 6) is -0.00852. The summed E-state index contributed by atoms with van der Waals surface area (Å²) in [6.45, 7) is 10.2. The first-order chi connectivity index (χ1) is 10.8. The molecule has 1 fully saturated rings. The highest BCUT2D eigenvalue weighted by Crippen LogP contribution is 2.23. The second-order valence-corrected chi connectivity index (χ2v) is 7.98. The number of piperazine rings is 1. The minimum absolute atomic E-state index is 0.146. The van der Waals surface area contributed by atoms with E-state index in [1.807, 2.05) is 20.8 Å². The van der Waals surface area contributed by atoms with Gasteiger partial charge in [-0.05, 0) is 31.1 Å². The van der Waals surface area contributed by atoms with E-state index in [1.54, 1.807) is 17.0 Å². The Morgan fingerprint density at radius 3 is 2.61 bits per heavy atom. The van der Waals surface area contributed by atoms with Crippen molar-refractivity contribution in [3.05, 3.63) is 36.7 Å². The van der Waals surface area contributed by atoms with E-state index in [2.05, 4.69) is 11.6 Å². The van der Waals surface area contributed by atoms with Gasteiger partial charge in [0.2, 0.25) is 15.9 Å².